The molecule has 0 aromatic heterocycles. The molecule has 11 heteroatoms. The van der Waals surface area contributed by atoms with Crippen LogP contribution in [0.1, 0.15) is 52.7 Å². The number of ether oxygens (including phenoxy) is 4. The minimum Gasteiger partial charge on any atom is -0.504 e. The molecular weight excluding hydrogens is 483 g/mol. The van der Waals surface area contributed by atoms with Gasteiger partial charge in [0.25, 0.3) is 0 Å². The molecule has 0 fully saturated rings. The Kier molecular flexibility index (Phi) is 8.38. The highest BCUT2D eigenvalue weighted by Crippen LogP contribution is 2.46. The number of rotatable bonds is 5. The average Bonchev–Trinajstić information content (AvgIpc) is 2.68. The smallest absolute Gasteiger partial charge is 0.504 e. The van der Waals surface area contributed by atoms with E-state index in [2.05, 4.69) is 4.74 Å². The second-order valence-electron chi connectivity index (χ2n) is 9.81. The fourth-order valence-electron chi connectivity index (χ4n) is 2.86. The monoisotopic (exact) mass is 513 g/mol. The first-order chi connectivity index (χ1) is 16.4. The number of phenols is 1. The maximum Gasteiger partial charge on any atom is 0.573 e. The Morgan fingerprint density at radius 2 is 1.42 bits per heavy atom. The summed E-state index contributed by atoms with van der Waals surface area (Å²) in [5, 5.41) is 10.8. The predicted molar refractivity (Wildman–Crippen MR) is 125 cm³/mol. The van der Waals surface area contributed by atoms with E-state index < -0.39 is 52.7 Å². The van der Waals surface area contributed by atoms with Crippen LogP contribution in [0.15, 0.2) is 36.4 Å². The van der Waals surface area contributed by atoms with Crippen molar-refractivity contribution in [1.29, 1.82) is 0 Å². The number of halogens is 3. The van der Waals surface area contributed by atoms with Crippen LogP contribution in [-0.4, -0.2) is 34.9 Å². The molecule has 2 aromatic rings. The van der Waals surface area contributed by atoms with Gasteiger partial charge < -0.3 is 24.1 Å². The number of nitrogens with zero attached hydrogens (tertiary/aromatic N) is 1. The van der Waals surface area contributed by atoms with Crippen LogP contribution < -0.4 is 14.4 Å². The molecule has 0 bridgehead atoms. The highest BCUT2D eigenvalue weighted by molar-refractivity contribution is 6.11. The van der Waals surface area contributed by atoms with Crippen LogP contribution in [-0.2, 0) is 16.1 Å². The van der Waals surface area contributed by atoms with Crippen LogP contribution in [0.5, 0.6) is 17.2 Å². The van der Waals surface area contributed by atoms with E-state index in [-0.39, 0.29) is 12.2 Å². The van der Waals surface area contributed by atoms with Crippen LogP contribution in [0.4, 0.5) is 28.4 Å². The second-order valence-corrected chi connectivity index (χ2v) is 9.81. The van der Waals surface area contributed by atoms with Crippen molar-refractivity contribution in [3.8, 4) is 17.2 Å². The van der Waals surface area contributed by atoms with Crippen molar-refractivity contribution in [3.63, 3.8) is 0 Å². The molecule has 8 nitrogen and oxygen atoms in total. The molecule has 0 aliphatic rings. The minimum atomic E-state index is -5.12. The number of carbonyl (C=O) groups excluding carboxylic acids is 2. The van der Waals surface area contributed by atoms with Crippen molar-refractivity contribution in [3.05, 3.63) is 47.5 Å². The van der Waals surface area contributed by atoms with Crippen molar-refractivity contribution in [2.24, 2.45) is 0 Å². The van der Waals surface area contributed by atoms with Gasteiger partial charge in [-0.05, 0) is 54.0 Å². The van der Waals surface area contributed by atoms with E-state index in [0.717, 1.165) is 6.07 Å². The number of phenolic OH excluding ortho intramolecular Hbond substituents is 1. The number of amides is 2. The normalized spacial score (nSPS) is 12.1. The molecule has 0 atom stereocenters. The summed E-state index contributed by atoms with van der Waals surface area (Å²) in [5.74, 6) is -2.05. The van der Waals surface area contributed by atoms with Gasteiger partial charge in [-0.3, -0.25) is 0 Å². The molecule has 36 heavy (non-hydrogen) atoms. The average molecular weight is 514 g/mol. The summed E-state index contributed by atoms with van der Waals surface area (Å²) >= 11 is 0. The summed E-state index contributed by atoms with van der Waals surface area (Å²) in [4.78, 5) is 26.6. The number of imide groups is 1. The van der Waals surface area contributed by atoms with Gasteiger partial charge in [0.2, 0.25) is 0 Å². The lowest BCUT2D eigenvalue weighted by Crippen LogP contribution is -2.44. The van der Waals surface area contributed by atoms with Crippen LogP contribution >= 0.6 is 0 Å². The van der Waals surface area contributed by atoms with Gasteiger partial charge in [-0.25, -0.2) is 9.59 Å². The second kappa shape index (κ2) is 10.5. The number of carbonyl (C=O) groups is 2. The van der Waals surface area contributed by atoms with Crippen molar-refractivity contribution >= 4 is 17.9 Å². The van der Waals surface area contributed by atoms with E-state index in [4.69, 9.17) is 14.2 Å². The Bertz CT molecular complexity index is 1060. The molecule has 0 spiro atoms. The lowest BCUT2D eigenvalue weighted by Gasteiger charge is -2.30. The lowest BCUT2D eigenvalue weighted by atomic mass is 10.1. The fraction of sp³-hybridized carbons (Fsp3) is 0.440. The Morgan fingerprint density at radius 1 is 0.917 bits per heavy atom. The number of hydrogen-bond donors (Lipinski definition) is 1. The van der Waals surface area contributed by atoms with E-state index in [1.54, 1.807) is 30.3 Å². The molecule has 2 rings (SSSR count). The van der Waals surface area contributed by atoms with Crippen LogP contribution in [0.2, 0.25) is 0 Å². The molecule has 0 saturated carbocycles. The number of hydrogen-bond acceptors (Lipinski definition) is 7. The zero-order valence-electron chi connectivity index (χ0n) is 21.1. The third kappa shape index (κ3) is 8.24. The van der Waals surface area contributed by atoms with Gasteiger partial charge >= 0.3 is 18.5 Å². The maximum atomic E-state index is 13.1. The standard InChI is InChI=1S/C25H30F3NO7/c1-15-18(34-25(26,27)28)13-17(20(19(15)30)33-14-16-11-9-8-10-12-16)29(21(31)35-23(2,3)4)22(32)36-24(5,6)7/h8-13,30H,14H2,1-7H3. The first-order valence-corrected chi connectivity index (χ1v) is 10.9. The highest BCUT2D eigenvalue weighted by Gasteiger charge is 2.38. The quantitative estimate of drug-likeness (QED) is 0.467. The molecule has 0 radical (unpaired) electrons. The van der Waals surface area contributed by atoms with E-state index in [1.807, 2.05) is 0 Å². The fourth-order valence-corrected chi connectivity index (χ4v) is 2.86. The van der Waals surface area contributed by atoms with E-state index in [9.17, 15) is 27.9 Å². The Labute approximate surface area is 207 Å². The summed E-state index contributed by atoms with van der Waals surface area (Å²) in [7, 11) is 0. The molecule has 0 saturated heterocycles. The minimum absolute atomic E-state index is 0.142. The van der Waals surface area contributed by atoms with Gasteiger partial charge in [0.1, 0.15) is 29.2 Å². The van der Waals surface area contributed by atoms with Crippen molar-refractivity contribution in [2.45, 2.75) is 72.6 Å². The van der Waals surface area contributed by atoms with E-state index in [1.165, 1.54) is 48.5 Å². The number of alkyl halides is 3. The Hall–Kier alpha value is -3.63. The van der Waals surface area contributed by atoms with Crippen LogP contribution in [0.3, 0.4) is 0 Å². The molecule has 2 aromatic carbocycles. The van der Waals surface area contributed by atoms with Crippen LogP contribution in [0.25, 0.3) is 0 Å². The zero-order chi connectivity index (χ0) is 27.5. The predicted octanol–water partition coefficient (Wildman–Crippen LogP) is 6.85. The highest BCUT2D eigenvalue weighted by atomic mass is 19.4. The van der Waals surface area contributed by atoms with Crippen molar-refractivity contribution in [2.75, 3.05) is 4.90 Å². The molecular formula is C25H30F3NO7. The maximum absolute atomic E-state index is 13.1. The Morgan fingerprint density at radius 3 is 1.86 bits per heavy atom. The number of aromatic hydroxyl groups is 1. The molecule has 0 unspecified atom stereocenters. The molecule has 198 valence electrons. The van der Waals surface area contributed by atoms with Crippen molar-refractivity contribution in [1.82, 2.24) is 0 Å². The third-order valence-corrected chi connectivity index (χ3v) is 4.29. The van der Waals surface area contributed by atoms with Crippen molar-refractivity contribution < 1.29 is 46.8 Å². The van der Waals surface area contributed by atoms with E-state index >= 15 is 0 Å². The van der Waals surface area contributed by atoms with Gasteiger partial charge in [-0.2, -0.15) is 4.90 Å². The molecule has 2 amide bonds. The molecule has 0 aliphatic heterocycles. The first-order valence-electron chi connectivity index (χ1n) is 10.9. The summed E-state index contributed by atoms with van der Waals surface area (Å²) in [5.41, 5.74) is -2.40. The molecule has 1 N–H and O–H groups in total. The molecule has 0 aliphatic carbocycles. The number of benzene rings is 2. The van der Waals surface area contributed by atoms with Gasteiger partial charge in [0, 0.05) is 11.6 Å². The van der Waals surface area contributed by atoms with Gasteiger partial charge in [0.15, 0.2) is 11.5 Å². The summed E-state index contributed by atoms with van der Waals surface area (Å²) in [6.07, 6.45) is -7.64. The summed E-state index contributed by atoms with van der Waals surface area (Å²) in [6, 6.07) is 9.43. The van der Waals surface area contributed by atoms with Gasteiger partial charge in [-0.15, -0.1) is 13.2 Å². The largest absolute Gasteiger partial charge is 0.573 e. The lowest BCUT2D eigenvalue weighted by molar-refractivity contribution is -0.274. The van der Waals surface area contributed by atoms with Crippen LogP contribution in [0, 0.1) is 6.92 Å². The molecule has 0 heterocycles. The first kappa shape index (κ1) is 28.6. The summed E-state index contributed by atoms with van der Waals surface area (Å²) in [6.45, 7) is 10.3. The van der Waals surface area contributed by atoms with E-state index in [0.29, 0.717) is 10.5 Å². The third-order valence-electron chi connectivity index (χ3n) is 4.29. The SMILES string of the molecule is Cc1c(OC(F)(F)F)cc(N(C(=O)OC(C)(C)C)C(=O)OC(C)(C)C)c(OCc2ccccc2)c1O. The van der Waals surface area contributed by atoms with Gasteiger partial charge in [-0.1, -0.05) is 30.3 Å². The number of anilines is 1. The summed E-state index contributed by atoms with van der Waals surface area (Å²) < 4.78 is 59.6. The topological polar surface area (TPSA) is 94.5 Å². The van der Waals surface area contributed by atoms with Gasteiger partial charge in [0.05, 0.1) is 0 Å². The Balaban J connectivity index is 2.72. The zero-order valence-corrected chi connectivity index (χ0v) is 21.1.